The number of aliphatic hydroxyl groups is 1. The number of hydrogen-bond donors (Lipinski definition) is 2. The number of carbonyl (C=O) groups excluding carboxylic acids is 1. The molecule has 1 aromatic carbocycles. The van der Waals surface area contributed by atoms with Crippen LogP contribution in [0, 0.1) is 5.92 Å². The third kappa shape index (κ3) is 2.35. The van der Waals surface area contributed by atoms with Crippen LogP contribution in [0.2, 0.25) is 0 Å². The van der Waals surface area contributed by atoms with Gasteiger partial charge in [0.15, 0.2) is 0 Å². The first-order chi connectivity index (χ1) is 11.6. The summed E-state index contributed by atoms with van der Waals surface area (Å²) >= 11 is 0. The maximum atomic E-state index is 13.0. The quantitative estimate of drug-likeness (QED) is 0.904. The summed E-state index contributed by atoms with van der Waals surface area (Å²) in [6, 6.07) is 8.59. The second-order valence-corrected chi connectivity index (χ2v) is 7.55. The number of aromatic nitrogens is 1. The lowest BCUT2D eigenvalue weighted by Gasteiger charge is -2.56. The Morgan fingerprint density at radius 3 is 2.88 bits per heavy atom. The van der Waals surface area contributed by atoms with Crippen LogP contribution in [0.5, 0.6) is 0 Å². The monoisotopic (exact) mass is 326 g/mol. The zero-order valence-corrected chi connectivity index (χ0v) is 14.4. The van der Waals surface area contributed by atoms with Gasteiger partial charge >= 0.3 is 0 Å². The van der Waals surface area contributed by atoms with Gasteiger partial charge in [-0.2, -0.15) is 0 Å². The van der Waals surface area contributed by atoms with Gasteiger partial charge in [0.05, 0.1) is 12.1 Å². The molecule has 24 heavy (non-hydrogen) atoms. The summed E-state index contributed by atoms with van der Waals surface area (Å²) in [6.45, 7) is 4.19. The summed E-state index contributed by atoms with van der Waals surface area (Å²) in [6.07, 6.45) is 4.99. The van der Waals surface area contributed by atoms with Gasteiger partial charge in [0.2, 0.25) is 5.91 Å². The Bertz CT molecular complexity index is 747. The highest BCUT2D eigenvalue weighted by atomic mass is 16.3. The maximum Gasteiger partial charge on any atom is 0.223 e. The number of amides is 1. The molecule has 2 aromatic rings. The number of aliphatic hydroxyl groups excluding tert-OH is 1. The molecule has 3 atom stereocenters. The van der Waals surface area contributed by atoms with Gasteiger partial charge in [-0.05, 0) is 42.7 Å². The molecule has 0 radical (unpaired) electrons. The zero-order valence-electron chi connectivity index (χ0n) is 14.4. The van der Waals surface area contributed by atoms with Crippen molar-refractivity contribution in [1.82, 2.24) is 9.88 Å². The molecule has 4 nitrogen and oxygen atoms in total. The van der Waals surface area contributed by atoms with Crippen LogP contribution in [0.1, 0.15) is 51.0 Å². The molecule has 4 heteroatoms. The van der Waals surface area contributed by atoms with Gasteiger partial charge in [-0.3, -0.25) is 4.79 Å². The summed E-state index contributed by atoms with van der Waals surface area (Å²) in [4.78, 5) is 18.3. The fraction of sp³-hybridized carbons (Fsp3) is 0.550. The summed E-state index contributed by atoms with van der Waals surface area (Å²) in [5.41, 5.74) is 2.32. The minimum absolute atomic E-state index is 0.00479. The number of benzene rings is 1. The SMILES string of the molecule is CCC1C(O)C2CC(C2)N1C(=O)CC(C)c1c[nH]c2ccccc12. The van der Waals surface area contributed by atoms with Gasteiger partial charge in [-0.15, -0.1) is 0 Å². The maximum absolute atomic E-state index is 13.0. The number of hydrogen-bond acceptors (Lipinski definition) is 2. The van der Waals surface area contributed by atoms with E-state index in [1.54, 1.807) is 0 Å². The Labute approximate surface area is 142 Å². The first-order valence-electron chi connectivity index (χ1n) is 9.15. The van der Waals surface area contributed by atoms with Crippen molar-refractivity contribution in [2.75, 3.05) is 0 Å². The molecule has 2 bridgehead atoms. The van der Waals surface area contributed by atoms with Crippen LogP contribution in [0.3, 0.4) is 0 Å². The third-order valence-corrected chi connectivity index (χ3v) is 6.12. The minimum atomic E-state index is -0.340. The highest BCUT2D eigenvalue weighted by Gasteiger charge is 2.51. The number of piperidine rings is 2. The lowest BCUT2D eigenvalue weighted by molar-refractivity contribution is -0.164. The number of para-hydroxylation sites is 1. The summed E-state index contributed by atoms with van der Waals surface area (Å²) in [7, 11) is 0. The van der Waals surface area contributed by atoms with Gasteiger partial charge in [-0.25, -0.2) is 0 Å². The standard InChI is InChI=1S/C20H26N2O2/c1-3-18-20(24)13-9-14(10-13)22(18)19(23)8-12(2)16-11-21-17-7-5-4-6-15(16)17/h4-7,11-14,18,20-21,24H,3,8-10H2,1-2H3. The molecule has 2 N–H and O–H groups in total. The fourth-order valence-corrected chi connectivity index (χ4v) is 4.69. The van der Waals surface area contributed by atoms with E-state index in [4.69, 9.17) is 0 Å². The molecule has 1 amide bonds. The van der Waals surface area contributed by atoms with Gasteiger partial charge in [0.25, 0.3) is 0 Å². The molecule has 3 unspecified atom stereocenters. The van der Waals surface area contributed by atoms with Crippen molar-refractivity contribution in [3.63, 3.8) is 0 Å². The minimum Gasteiger partial charge on any atom is -0.391 e. The van der Waals surface area contributed by atoms with E-state index in [9.17, 15) is 9.90 Å². The average Bonchev–Trinajstić information content (AvgIpc) is 2.97. The van der Waals surface area contributed by atoms with Crippen LogP contribution in [0.25, 0.3) is 10.9 Å². The van der Waals surface area contributed by atoms with Crippen molar-refractivity contribution in [1.29, 1.82) is 0 Å². The lowest BCUT2D eigenvalue weighted by Crippen LogP contribution is -2.65. The van der Waals surface area contributed by atoms with Crippen LogP contribution in [-0.2, 0) is 4.79 Å². The van der Waals surface area contributed by atoms with Gasteiger partial charge in [0.1, 0.15) is 0 Å². The molecule has 2 aliphatic heterocycles. The highest BCUT2D eigenvalue weighted by molar-refractivity contribution is 5.85. The number of aromatic amines is 1. The number of H-pyrrole nitrogens is 1. The van der Waals surface area contributed by atoms with E-state index in [-0.39, 0.29) is 24.0 Å². The molecule has 2 saturated heterocycles. The van der Waals surface area contributed by atoms with Crippen LogP contribution < -0.4 is 0 Å². The number of nitrogens with zero attached hydrogens (tertiary/aromatic N) is 1. The summed E-state index contributed by atoms with van der Waals surface area (Å²) in [5, 5.41) is 11.7. The predicted octanol–water partition coefficient (Wildman–Crippen LogP) is 3.42. The molecule has 5 rings (SSSR count). The zero-order chi connectivity index (χ0) is 16.8. The van der Waals surface area contributed by atoms with Gasteiger partial charge < -0.3 is 15.0 Å². The number of fused-ring (bicyclic) bond motifs is 3. The van der Waals surface area contributed by atoms with E-state index in [0.717, 1.165) is 24.8 Å². The second-order valence-electron chi connectivity index (χ2n) is 7.55. The first kappa shape index (κ1) is 15.7. The van der Waals surface area contributed by atoms with E-state index in [0.29, 0.717) is 18.4 Å². The highest BCUT2D eigenvalue weighted by Crippen LogP contribution is 2.44. The molecule has 3 heterocycles. The molecule has 3 fully saturated rings. The number of rotatable bonds is 4. The number of carbonyl (C=O) groups is 1. The van der Waals surface area contributed by atoms with Gasteiger partial charge in [-0.1, -0.05) is 32.0 Å². The van der Waals surface area contributed by atoms with E-state index >= 15 is 0 Å². The topological polar surface area (TPSA) is 56.3 Å². The summed E-state index contributed by atoms with van der Waals surface area (Å²) in [5.74, 6) is 0.776. The van der Waals surface area contributed by atoms with E-state index in [2.05, 4.69) is 31.0 Å². The second kappa shape index (κ2) is 5.92. The molecule has 1 saturated carbocycles. The fourth-order valence-electron chi connectivity index (χ4n) is 4.69. The van der Waals surface area contributed by atoms with Crippen LogP contribution in [0.15, 0.2) is 30.5 Å². The Morgan fingerprint density at radius 1 is 1.38 bits per heavy atom. The van der Waals surface area contributed by atoms with E-state index in [1.807, 2.05) is 23.2 Å². The first-order valence-corrected chi connectivity index (χ1v) is 9.15. The Morgan fingerprint density at radius 2 is 2.12 bits per heavy atom. The van der Waals surface area contributed by atoms with Crippen molar-refractivity contribution in [3.8, 4) is 0 Å². The Kier molecular flexibility index (Phi) is 3.87. The molecule has 1 aromatic heterocycles. The van der Waals surface area contributed by atoms with Crippen molar-refractivity contribution >= 4 is 16.8 Å². The number of nitrogens with one attached hydrogen (secondary N) is 1. The van der Waals surface area contributed by atoms with Crippen molar-refractivity contribution in [3.05, 3.63) is 36.0 Å². The van der Waals surface area contributed by atoms with Crippen LogP contribution in [-0.4, -0.2) is 39.1 Å². The smallest absolute Gasteiger partial charge is 0.223 e. The van der Waals surface area contributed by atoms with Gasteiger partial charge in [0, 0.05) is 29.6 Å². The van der Waals surface area contributed by atoms with Crippen molar-refractivity contribution in [2.45, 2.75) is 63.6 Å². The third-order valence-electron chi connectivity index (χ3n) is 6.12. The van der Waals surface area contributed by atoms with Crippen molar-refractivity contribution in [2.24, 2.45) is 5.92 Å². The van der Waals surface area contributed by atoms with Crippen molar-refractivity contribution < 1.29 is 9.90 Å². The Balaban J connectivity index is 1.53. The Hall–Kier alpha value is -1.81. The molecular formula is C20H26N2O2. The van der Waals surface area contributed by atoms with Crippen LogP contribution in [0.4, 0.5) is 0 Å². The largest absolute Gasteiger partial charge is 0.391 e. The molecule has 3 aliphatic rings. The molecular weight excluding hydrogens is 300 g/mol. The van der Waals surface area contributed by atoms with E-state index < -0.39 is 0 Å². The molecule has 128 valence electrons. The average molecular weight is 326 g/mol. The summed E-state index contributed by atoms with van der Waals surface area (Å²) < 4.78 is 0. The van der Waals surface area contributed by atoms with E-state index in [1.165, 1.54) is 10.9 Å². The van der Waals surface area contributed by atoms with Crippen LogP contribution >= 0.6 is 0 Å². The molecule has 0 spiro atoms. The molecule has 1 aliphatic carbocycles. The lowest BCUT2D eigenvalue weighted by atomic mass is 9.68. The predicted molar refractivity (Wildman–Crippen MR) is 94.8 cm³/mol. The normalized spacial score (nSPS) is 30.2.